The van der Waals surface area contributed by atoms with Crippen molar-refractivity contribution in [2.75, 3.05) is 26.5 Å². The number of carbonyl (C=O) groups excluding carboxylic acids is 2. The first-order valence-corrected chi connectivity index (χ1v) is 9.98. The molecule has 6 nitrogen and oxygen atoms in total. The summed E-state index contributed by atoms with van der Waals surface area (Å²) in [6.45, 7) is 2.41. The zero-order valence-corrected chi connectivity index (χ0v) is 18.9. The molecule has 0 aliphatic carbocycles. The summed E-state index contributed by atoms with van der Waals surface area (Å²) in [5.41, 5.74) is 2.37. The molecule has 0 amide bonds. The molecule has 1 heterocycles. The number of Topliss-reactive ketones (excluding diaryl/α,β-unsaturated/α-hetero) is 1. The molecule has 1 aromatic heterocycles. The number of aromatic hydroxyl groups is 1. The number of thiophene rings is 1. The molecule has 2 aromatic carbocycles. The third-order valence-corrected chi connectivity index (χ3v) is 5.79. The van der Waals surface area contributed by atoms with Crippen LogP contribution < -0.4 is 5.32 Å². The lowest BCUT2D eigenvalue weighted by atomic mass is 9.99. The molecule has 0 spiro atoms. The number of hydrogen-bond donors (Lipinski definition) is 2. The van der Waals surface area contributed by atoms with Gasteiger partial charge in [0.05, 0.1) is 7.11 Å². The van der Waals surface area contributed by atoms with Crippen molar-refractivity contribution in [2.24, 2.45) is 0 Å². The number of nitrogens with one attached hydrogen (secondary N) is 1. The van der Waals surface area contributed by atoms with Crippen molar-refractivity contribution in [3.8, 4) is 5.75 Å². The Hall–Kier alpha value is -2.61. The summed E-state index contributed by atoms with van der Waals surface area (Å²) in [5, 5.41) is 15.0. The molecule has 0 atom stereocenters. The summed E-state index contributed by atoms with van der Waals surface area (Å²) in [5.74, 6) is -0.696. The maximum absolute atomic E-state index is 12.7. The van der Waals surface area contributed by atoms with Crippen LogP contribution in [0.1, 0.15) is 38.8 Å². The molecule has 30 heavy (non-hydrogen) atoms. The molecule has 2 N–H and O–H groups in total. The lowest BCUT2D eigenvalue weighted by molar-refractivity contribution is 0.0604. The first-order valence-electron chi connectivity index (χ1n) is 9.16. The molecular weight excluding hydrogens is 424 g/mol. The molecule has 0 saturated carbocycles. The number of phenols is 1. The Morgan fingerprint density at radius 2 is 1.87 bits per heavy atom. The highest BCUT2D eigenvalue weighted by Gasteiger charge is 2.27. The standard InChI is InChI=1S/C22H24N2O4S.ClH/c1-13(25)15-10-17(26)16(12-24(2)3)20-18(15)19(22(27)28-4)21(29-20)23-11-14-8-6-5-7-9-14;/h5-10,23,26H,11-12H2,1-4H3;1H. The fourth-order valence-electron chi connectivity index (χ4n) is 3.26. The Balaban J connectivity index is 0.00000320. The number of ether oxygens (including phenoxy) is 1. The Morgan fingerprint density at radius 3 is 2.43 bits per heavy atom. The van der Waals surface area contributed by atoms with Crippen LogP contribution in [0.2, 0.25) is 0 Å². The van der Waals surface area contributed by atoms with Gasteiger partial charge in [-0.15, -0.1) is 23.7 Å². The smallest absolute Gasteiger partial charge is 0.341 e. The van der Waals surface area contributed by atoms with Crippen molar-refractivity contribution in [1.29, 1.82) is 0 Å². The summed E-state index contributed by atoms with van der Waals surface area (Å²) in [6.07, 6.45) is 0. The fourth-order valence-corrected chi connectivity index (χ4v) is 4.50. The number of phenolic OH excluding ortho intramolecular Hbond substituents is 1. The van der Waals surface area contributed by atoms with Crippen molar-refractivity contribution in [3.05, 3.63) is 58.7 Å². The van der Waals surface area contributed by atoms with Crippen molar-refractivity contribution in [1.82, 2.24) is 4.90 Å². The van der Waals surface area contributed by atoms with Gasteiger partial charge in [0.2, 0.25) is 0 Å². The SMILES string of the molecule is COC(=O)c1c(NCc2ccccc2)sc2c(CN(C)C)c(O)cc(C(C)=O)c12.Cl. The molecule has 8 heteroatoms. The van der Waals surface area contributed by atoms with Crippen LogP contribution in [0.5, 0.6) is 5.75 Å². The van der Waals surface area contributed by atoms with Gasteiger partial charge >= 0.3 is 5.97 Å². The second-order valence-corrected chi connectivity index (χ2v) is 8.08. The van der Waals surface area contributed by atoms with E-state index in [0.29, 0.717) is 44.9 Å². The topological polar surface area (TPSA) is 78.9 Å². The number of anilines is 1. The minimum atomic E-state index is -0.518. The lowest BCUT2D eigenvalue weighted by Crippen LogP contribution is -2.12. The summed E-state index contributed by atoms with van der Waals surface area (Å²) in [6, 6.07) is 11.3. The largest absolute Gasteiger partial charge is 0.508 e. The molecule has 0 saturated heterocycles. The van der Waals surface area contributed by atoms with Gasteiger partial charge in [0, 0.05) is 34.3 Å². The molecule has 3 rings (SSSR count). The van der Waals surface area contributed by atoms with Crippen molar-refractivity contribution >= 4 is 50.6 Å². The monoisotopic (exact) mass is 448 g/mol. The Bertz CT molecular complexity index is 1060. The van der Waals surface area contributed by atoms with Crippen LogP contribution in [-0.4, -0.2) is 43.0 Å². The third-order valence-electron chi connectivity index (χ3n) is 4.58. The number of nitrogens with zero attached hydrogens (tertiary/aromatic N) is 1. The number of methoxy groups -OCH3 is 1. The van der Waals surface area contributed by atoms with Crippen LogP contribution in [0.25, 0.3) is 10.1 Å². The van der Waals surface area contributed by atoms with Gasteiger partial charge < -0.3 is 20.1 Å². The number of benzene rings is 2. The molecule has 0 fully saturated rings. The van der Waals surface area contributed by atoms with E-state index in [1.807, 2.05) is 49.3 Å². The van der Waals surface area contributed by atoms with Gasteiger partial charge in [0.1, 0.15) is 16.3 Å². The molecular formula is C22H25ClN2O4S. The first-order chi connectivity index (χ1) is 13.8. The number of halogens is 1. The summed E-state index contributed by atoms with van der Waals surface area (Å²) in [7, 11) is 5.11. The summed E-state index contributed by atoms with van der Waals surface area (Å²) in [4.78, 5) is 26.9. The van der Waals surface area contributed by atoms with Gasteiger partial charge in [-0.3, -0.25) is 4.79 Å². The Kier molecular flexibility index (Phi) is 7.83. The number of ketones is 1. The number of rotatable bonds is 7. The van der Waals surface area contributed by atoms with Crippen LogP contribution in [0.3, 0.4) is 0 Å². The van der Waals surface area contributed by atoms with E-state index < -0.39 is 5.97 Å². The Labute approximate surface area is 185 Å². The van der Waals surface area contributed by atoms with E-state index in [-0.39, 0.29) is 23.9 Å². The molecule has 0 aliphatic heterocycles. The summed E-state index contributed by atoms with van der Waals surface area (Å²) < 4.78 is 5.73. The maximum atomic E-state index is 12.7. The zero-order valence-electron chi connectivity index (χ0n) is 17.3. The third kappa shape index (κ3) is 4.75. The molecule has 0 aliphatic rings. The second-order valence-electron chi connectivity index (χ2n) is 7.06. The highest BCUT2D eigenvalue weighted by atomic mass is 35.5. The molecule has 0 bridgehead atoms. The van der Waals surface area contributed by atoms with Gasteiger partial charge in [-0.2, -0.15) is 0 Å². The minimum absolute atomic E-state index is 0. The van der Waals surface area contributed by atoms with Gasteiger partial charge in [-0.1, -0.05) is 30.3 Å². The van der Waals surface area contributed by atoms with Crippen LogP contribution in [0.4, 0.5) is 5.00 Å². The van der Waals surface area contributed by atoms with Gasteiger partial charge in [0.15, 0.2) is 5.78 Å². The van der Waals surface area contributed by atoms with E-state index in [0.717, 1.165) is 5.56 Å². The quantitative estimate of drug-likeness (QED) is 0.403. The minimum Gasteiger partial charge on any atom is -0.508 e. The fraction of sp³-hybridized carbons (Fsp3) is 0.273. The first kappa shape index (κ1) is 23.7. The van der Waals surface area contributed by atoms with Gasteiger partial charge in [0.25, 0.3) is 0 Å². The van der Waals surface area contributed by atoms with Crippen LogP contribution in [0.15, 0.2) is 36.4 Å². The van der Waals surface area contributed by atoms with Gasteiger partial charge in [-0.05, 0) is 32.6 Å². The predicted molar refractivity (Wildman–Crippen MR) is 123 cm³/mol. The average Bonchev–Trinajstić information content (AvgIpc) is 3.07. The van der Waals surface area contributed by atoms with Crippen molar-refractivity contribution in [3.63, 3.8) is 0 Å². The second kappa shape index (κ2) is 9.93. The van der Waals surface area contributed by atoms with E-state index in [1.54, 1.807) is 0 Å². The van der Waals surface area contributed by atoms with E-state index in [1.165, 1.54) is 31.4 Å². The average molecular weight is 449 g/mol. The van der Waals surface area contributed by atoms with Crippen LogP contribution >= 0.6 is 23.7 Å². The van der Waals surface area contributed by atoms with E-state index in [2.05, 4.69) is 5.32 Å². The summed E-state index contributed by atoms with van der Waals surface area (Å²) >= 11 is 1.35. The zero-order chi connectivity index (χ0) is 21.1. The Morgan fingerprint density at radius 1 is 1.20 bits per heavy atom. The van der Waals surface area contributed by atoms with Crippen LogP contribution in [0, 0.1) is 0 Å². The van der Waals surface area contributed by atoms with Crippen molar-refractivity contribution in [2.45, 2.75) is 20.0 Å². The van der Waals surface area contributed by atoms with Gasteiger partial charge in [-0.25, -0.2) is 4.79 Å². The molecule has 0 unspecified atom stereocenters. The number of fused-ring (bicyclic) bond motifs is 1. The van der Waals surface area contributed by atoms with E-state index in [9.17, 15) is 14.7 Å². The lowest BCUT2D eigenvalue weighted by Gasteiger charge is -2.14. The van der Waals surface area contributed by atoms with Crippen molar-refractivity contribution < 1.29 is 19.4 Å². The van der Waals surface area contributed by atoms with E-state index in [4.69, 9.17) is 4.74 Å². The predicted octanol–water partition coefficient (Wildman–Crippen LogP) is 4.69. The molecule has 160 valence electrons. The maximum Gasteiger partial charge on any atom is 0.341 e. The number of hydrogen-bond acceptors (Lipinski definition) is 7. The highest BCUT2D eigenvalue weighted by Crippen LogP contribution is 2.43. The normalized spacial score (nSPS) is 10.7. The highest BCUT2D eigenvalue weighted by molar-refractivity contribution is 7.23. The molecule has 3 aromatic rings. The van der Waals surface area contributed by atoms with Crippen LogP contribution in [-0.2, 0) is 17.8 Å². The number of carbonyl (C=O) groups is 2. The van der Waals surface area contributed by atoms with E-state index >= 15 is 0 Å². The molecule has 0 radical (unpaired) electrons. The number of esters is 1.